The van der Waals surface area contributed by atoms with E-state index in [4.69, 9.17) is 5.73 Å². The molecule has 0 aliphatic heterocycles. The number of hydrogen-bond donors (Lipinski definition) is 1. The summed E-state index contributed by atoms with van der Waals surface area (Å²) in [5.41, 5.74) is 6.34. The van der Waals surface area contributed by atoms with Crippen LogP contribution in [0.15, 0.2) is 23.0 Å². The van der Waals surface area contributed by atoms with Gasteiger partial charge in [-0.3, -0.25) is 0 Å². The van der Waals surface area contributed by atoms with E-state index in [1.165, 1.54) is 11.3 Å². The highest BCUT2D eigenvalue weighted by molar-refractivity contribution is 7.08. The van der Waals surface area contributed by atoms with E-state index in [9.17, 15) is 4.39 Å². The lowest BCUT2D eigenvalue weighted by Gasteiger charge is -1.98. The van der Waals surface area contributed by atoms with E-state index in [2.05, 4.69) is 9.97 Å². The molecule has 2 heterocycles. The molecular formula is C8H6FN3S. The minimum absolute atomic E-state index is 0.0857. The standard InChI is InChI=1S/C8H6FN3S/c9-6-3-11-8(10)12-7(6)5-1-2-13-4-5/h1-4H,(H2,10,11,12). The van der Waals surface area contributed by atoms with Gasteiger partial charge in [0.05, 0.1) is 6.20 Å². The Labute approximate surface area is 78.1 Å². The summed E-state index contributed by atoms with van der Waals surface area (Å²) in [4.78, 5) is 7.36. The van der Waals surface area contributed by atoms with Crippen LogP contribution in [0.1, 0.15) is 0 Å². The second-order valence-electron chi connectivity index (χ2n) is 2.44. The van der Waals surface area contributed by atoms with Crippen LogP contribution < -0.4 is 5.73 Å². The Morgan fingerprint density at radius 1 is 1.46 bits per heavy atom. The molecule has 66 valence electrons. The maximum Gasteiger partial charge on any atom is 0.220 e. The fourth-order valence-corrected chi connectivity index (χ4v) is 1.62. The predicted molar refractivity (Wildman–Crippen MR) is 49.7 cm³/mol. The molecule has 0 unspecified atom stereocenters. The molecular weight excluding hydrogens is 189 g/mol. The number of nitrogens with zero attached hydrogens (tertiary/aromatic N) is 2. The summed E-state index contributed by atoms with van der Waals surface area (Å²) in [5, 5.41) is 3.66. The highest BCUT2D eigenvalue weighted by Gasteiger charge is 2.07. The first-order valence-corrected chi connectivity index (χ1v) is 4.52. The zero-order chi connectivity index (χ0) is 9.26. The minimum atomic E-state index is -0.451. The van der Waals surface area contributed by atoms with E-state index >= 15 is 0 Å². The molecule has 2 aromatic heterocycles. The Bertz CT molecular complexity index is 413. The summed E-state index contributed by atoms with van der Waals surface area (Å²) in [6.45, 7) is 0. The molecule has 0 fully saturated rings. The second kappa shape index (κ2) is 3.10. The summed E-state index contributed by atoms with van der Waals surface area (Å²) in [6.07, 6.45) is 1.08. The maximum atomic E-state index is 13.2. The summed E-state index contributed by atoms with van der Waals surface area (Å²) in [6, 6.07) is 1.79. The average molecular weight is 195 g/mol. The lowest BCUT2D eigenvalue weighted by molar-refractivity contribution is 0.619. The first kappa shape index (κ1) is 8.12. The number of nitrogens with two attached hydrogens (primary N) is 1. The monoisotopic (exact) mass is 195 g/mol. The summed E-state index contributed by atoms with van der Waals surface area (Å²) < 4.78 is 13.2. The van der Waals surface area contributed by atoms with Crippen LogP contribution in [-0.4, -0.2) is 9.97 Å². The fraction of sp³-hybridized carbons (Fsp3) is 0. The van der Waals surface area contributed by atoms with Gasteiger partial charge in [-0.15, -0.1) is 0 Å². The van der Waals surface area contributed by atoms with Crippen LogP contribution in [0.3, 0.4) is 0 Å². The van der Waals surface area contributed by atoms with Gasteiger partial charge in [-0.1, -0.05) is 0 Å². The molecule has 0 aliphatic rings. The fourth-order valence-electron chi connectivity index (χ4n) is 0.982. The Hall–Kier alpha value is -1.49. The molecule has 2 rings (SSSR count). The molecule has 0 aliphatic carbocycles. The van der Waals surface area contributed by atoms with E-state index < -0.39 is 5.82 Å². The van der Waals surface area contributed by atoms with Crippen LogP contribution in [0, 0.1) is 5.82 Å². The van der Waals surface area contributed by atoms with Gasteiger partial charge < -0.3 is 5.73 Å². The van der Waals surface area contributed by atoms with E-state index in [0.29, 0.717) is 0 Å². The quantitative estimate of drug-likeness (QED) is 0.756. The molecule has 0 saturated heterocycles. The highest BCUT2D eigenvalue weighted by atomic mass is 32.1. The summed E-state index contributed by atoms with van der Waals surface area (Å²) >= 11 is 1.48. The first-order chi connectivity index (χ1) is 6.27. The largest absolute Gasteiger partial charge is 0.368 e. The molecule has 0 radical (unpaired) electrons. The van der Waals surface area contributed by atoms with Crippen molar-refractivity contribution in [3.8, 4) is 11.3 Å². The molecule has 0 bridgehead atoms. The van der Waals surface area contributed by atoms with Crippen molar-refractivity contribution in [1.29, 1.82) is 0 Å². The number of aromatic nitrogens is 2. The van der Waals surface area contributed by atoms with Gasteiger partial charge >= 0.3 is 0 Å². The summed E-state index contributed by atoms with van der Waals surface area (Å²) in [5.74, 6) is -0.366. The molecule has 0 saturated carbocycles. The summed E-state index contributed by atoms with van der Waals surface area (Å²) in [7, 11) is 0. The van der Waals surface area contributed by atoms with Gasteiger partial charge in [0, 0.05) is 10.9 Å². The lowest BCUT2D eigenvalue weighted by atomic mass is 10.2. The number of rotatable bonds is 1. The molecule has 2 N–H and O–H groups in total. The first-order valence-electron chi connectivity index (χ1n) is 3.58. The SMILES string of the molecule is Nc1ncc(F)c(-c2ccsc2)n1. The van der Waals surface area contributed by atoms with E-state index in [0.717, 1.165) is 11.8 Å². The van der Waals surface area contributed by atoms with Crippen LogP contribution in [0.5, 0.6) is 0 Å². The Morgan fingerprint density at radius 3 is 3.00 bits per heavy atom. The van der Waals surface area contributed by atoms with Crippen LogP contribution in [-0.2, 0) is 0 Å². The second-order valence-corrected chi connectivity index (χ2v) is 3.22. The zero-order valence-electron chi connectivity index (χ0n) is 6.57. The van der Waals surface area contributed by atoms with Crippen molar-refractivity contribution in [3.05, 3.63) is 28.8 Å². The van der Waals surface area contributed by atoms with Gasteiger partial charge in [0.15, 0.2) is 5.82 Å². The Kier molecular flexibility index (Phi) is 1.94. The van der Waals surface area contributed by atoms with Crippen molar-refractivity contribution in [3.63, 3.8) is 0 Å². The van der Waals surface area contributed by atoms with Crippen LogP contribution in [0.4, 0.5) is 10.3 Å². The highest BCUT2D eigenvalue weighted by Crippen LogP contribution is 2.22. The molecule has 2 aromatic rings. The molecule has 3 nitrogen and oxygen atoms in total. The average Bonchev–Trinajstić information content (AvgIpc) is 2.61. The van der Waals surface area contributed by atoms with Crippen molar-refractivity contribution in [2.24, 2.45) is 0 Å². The Balaban J connectivity index is 2.57. The molecule has 0 aromatic carbocycles. The normalized spacial score (nSPS) is 10.2. The van der Waals surface area contributed by atoms with Crippen LogP contribution in [0.2, 0.25) is 0 Å². The number of hydrogen-bond acceptors (Lipinski definition) is 4. The lowest BCUT2D eigenvalue weighted by Crippen LogP contribution is -1.98. The molecule has 0 atom stereocenters. The van der Waals surface area contributed by atoms with Crippen LogP contribution >= 0.6 is 11.3 Å². The molecule has 0 amide bonds. The van der Waals surface area contributed by atoms with Gasteiger partial charge in [0.2, 0.25) is 5.95 Å². The maximum absolute atomic E-state index is 13.2. The third-order valence-electron chi connectivity index (χ3n) is 1.56. The molecule has 13 heavy (non-hydrogen) atoms. The predicted octanol–water partition coefficient (Wildman–Crippen LogP) is 1.93. The van der Waals surface area contributed by atoms with E-state index in [-0.39, 0.29) is 11.6 Å². The Morgan fingerprint density at radius 2 is 2.31 bits per heavy atom. The number of thiophene rings is 1. The van der Waals surface area contributed by atoms with Gasteiger partial charge in [-0.25, -0.2) is 14.4 Å². The topological polar surface area (TPSA) is 51.8 Å². The van der Waals surface area contributed by atoms with Gasteiger partial charge in [-0.2, -0.15) is 11.3 Å². The van der Waals surface area contributed by atoms with Crippen molar-refractivity contribution < 1.29 is 4.39 Å². The minimum Gasteiger partial charge on any atom is -0.368 e. The van der Waals surface area contributed by atoms with Crippen molar-refractivity contribution in [2.45, 2.75) is 0 Å². The molecule has 5 heteroatoms. The number of anilines is 1. The zero-order valence-corrected chi connectivity index (χ0v) is 7.38. The van der Waals surface area contributed by atoms with Crippen LogP contribution in [0.25, 0.3) is 11.3 Å². The smallest absolute Gasteiger partial charge is 0.220 e. The van der Waals surface area contributed by atoms with Crippen molar-refractivity contribution in [1.82, 2.24) is 9.97 Å². The van der Waals surface area contributed by atoms with Gasteiger partial charge in [0.1, 0.15) is 5.69 Å². The number of nitrogen functional groups attached to an aromatic ring is 1. The third-order valence-corrected chi connectivity index (χ3v) is 2.24. The van der Waals surface area contributed by atoms with Crippen molar-refractivity contribution in [2.75, 3.05) is 5.73 Å². The third kappa shape index (κ3) is 1.50. The van der Waals surface area contributed by atoms with E-state index in [1.807, 2.05) is 10.8 Å². The van der Waals surface area contributed by atoms with Gasteiger partial charge in [-0.05, 0) is 11.4 Å². The number of halogens is 1. The van der Waals surface area contributed by atoms with Gasteiger partial charge in [0.25, 0.3) is 0 Å². The molecule has 0 spiro atoms. The van der Waals surface area contributed by atoms with E-state index in [1.54, 1.807) is 6.07 Å². The van der Waals surface area contributed by atoms with Crippen molar-refractivity contribution >= 4 is 17.3 Å².